The number of anilines is 4. The predicted molar refractivity (Wildman–Crippen MR) is 131 cm³/mol. The van der Waals surface area contributed by atoms with Crippen molar-refractivity contribution in [1.82, 2.24) is 0 Å². The van der Waals surface area contributed by atoms with E-state index in [0.717, 1.165) is 34.2 Å². The monoisotopic (exact) mass is 426 g/mol. The molecule has 31 heavy (non-hydrogen) atoms. The molecule has 0 saturated heterocycles. The van der Waals surface area contributed by atoms with Gasteiger partial charge in [-0.25, -0.2) is 0 Å². The molecule has 0 fully saturated rings. The van der Waals surface area contributed by atoms with Gasteiger partial charge in [-0.05, 0) is 48.5 Å². The van der Waals surface area contributed by atoms with Gasteiger partial charge in [-0.1, -0.05) is 48.5 Å². The van der Waals surface area contributed by atoms with Crippen molar-refractivity contribution in [3.05, 3.63) is 109 Å². The first kappa shape index (κ1) is 20.6. The van der Waals surface area contributed by atoms with Gasteiger partial charge in [0.05, 0.1) is 0 Å². The van der Waals surface area contributed by atoms with Crippen LogP contribution in [-0.4, -0.2) is 8.56 Å². The highest BCUT2D eigenvalue weighted by Gasteiger charge is 2.29. The van der Waals surface area contributed by atoms with Crippen LogP contribution in [-0.2, 0) is 0 Å². The second-order valence-electron chi connectivity index (χ2n) is 7.64. The van der Waals surface area contributed by atoms with Crippen molar-refractivity contribution in [3.63, 3.8) is 0 Å². The number of rotatable bonds is 8. The average Bonchev–Trinajstić information content (AvgIpc) is 2.75. The van der Waals surface area contributed by atoms with Crippen LogP contribution in [0, 0.1) is 0 Å². The zero-order valence-electron chi connectivity index (χ0n) is 17.7. The van der Waals surface area contributed by atoms with Gasteiger partial charge in [-0.3, -0.25) is 0 Å². The molecule has 0 aliphatic heterocycles. The fourth-order valence-corrected chi connectivity index (χ4v) is 4.67. The summed E-state index contributed by atoms with van der Waals surface area (Å²) in [5.41, 5.74) is 4.02. The Kier molecular flexibility index (Phi) is 6.24. The Balaban J connectivity index is 1.42. The normalized spacial score (nSPS) is 10.9. The molecule has 2 N–H and O–H groups in total. The van der Waals surface area contributed by atoms with E-state index in [9.17, 15) is 0 Å². The zero-order valence-corrected chi connectivity index (χ0v) is 18.7. The molecule has 0 aromatic heterocycles. The summed E-state index contributed by atoms with van der Waals surface area (Å²) in [4.78, 5) is 0. The first-order chi connectivity index (χ1) is 15.1. The van der Waals surface area contributed by atoms with Crippen LogP contribution in [0.2, 0.25) is 13.1 Å². The van der Waals surface area contributed by atoms with Crippen LogP contribution >= 0.6 is 0 Å². The van der Waals surface area contributed by atoms with E-state index in [0.29, 0.717) is 0 Å². The minimum absolute atomic E-state index is 0.788. The van der Waals surface area contributed by atoms with Crippen LogP contribution < -0.4 is 19.5 Å². The molecule has 0 amide bonds. The van der Waals surface area contributed by atoms with E-state index < -0.39 is 8.56 Å². The lowest BCUT2D eigenvalue weighted by atomic mass is 10.2. The number of hydrogen-bond acceptors (Lipinski definition) is 4. The van der Waals surface area contributed by atoms with Crippen LogP contribution in [0.25, 0.3) is 0 Å². The Bertz CT molecular complexity index is 1030. The molecule has 0 bridgehead atoms. The Hall–Kier alpha value is -3.70. The molecule has 0 aliphatic rings. The van der Waals surface area contributed by atoms with Crippen LogP contribution in [0.15, 0.2) is 109 Å². The molecule has 5 heteroatoms. The van der Waals surface area contributed by atoms with Gasteiger partial charge >= 0.3 is 8.56 Å². The standard InChI is InChI=1S/C26H26N2O2Si/c1-31(2,29-25-17-9-15-23(19-25)27-21-11-5-3-6-12-21)30-26-18-10-16-24(20-26)28-22-13-7-4-8-14-22/h3-20,27-28H,1-2H3. The Morgan fingerprint density at radius 3 is 1.29 bits per heavy atom. The van der Waals surface area contributed by atoms with Crippen molar-refractivity contribution in [1.29, 1.82) is 0 Å². The summed E-state index contributed by atoms with van der Waals surface area (Å²) >= 11 is 0. The van der Waals surface area contributed by atoms with Gasteiger partial charge in [-0.2, -0.15) is 0 Å². The third kappa shape index (κ3) is 6.14. The highest BCUT2D eigenvalue weighted by atomic mass is 28.4. The summed E-state index contributed by atoms with van der Waals surface area (Å²) in [6, 6.07) is 36.1. The van der Waals surface area contributed by atoms with Crippen molar-refractivity contribution in [2.75, 3.05) is 10.6 Å². The molecular weight excluding hydrogens is 400 g/mol. The molecule has 4 rings (SSSR count). The fraction of sp³-hybridized carbons (Fsp3) is 0.0769. The molecule has 156 valence electrons. The lowest BCUT2D eigenvalue weighted by molar-refractivity contribution is 0.400. The van der Waals surface area contributed by atoms with Crippen LogP contribution in [0.4, 0.5) is 22.7 Å². The van der Waals surface area contributed by atoms with Gasteiger partial charge in [0.15, 0.2) is 0 Å². The van der Waals surface area contributed by atoms with Crippen LogP contribution in [0.3, 0.4) is 0 Å². The molecule has 0 saturated carbocycles. The van der Waals surface area contributed by atoms with Gasteiger partial charge in [0.2, 0.25) is 0 Å². The van der Waals surface area contributed by atoms with Crippen molar-refractivity contribution in [2.24, 2.45) is 0 Å². The summed E-state index contributed by atoms with van der Waals surface area (Å²) < 4.78 is 12.6. The maximum Gasteiger partial charge on any atom is 0.454 e. The second kappa shape index (κ2) is 9.41. The minimum Gasteiger partial charge on any atom is -0.512 e. The minimum atomic E-state index is -2.47. The third-order valence-electron chi connectivity index (χ3n) is 4.52. The molecule has 4 aromatic carbocycles. The Morgan fingerprint density at radius 2 is 0.871 bits per heavy atom. The van der Waals surface area contributed by atoms with E-state index >= 15 is 0 Å². The van der Waals surface area contributed by atoms with Crippen molar-refractivity contribution in [3.8, 4) is 11.5 Å². The quantitative estimate of drug-likeness (QED) is 0.289. The van der Waals surface area contributed by atoms with E-state index in [2.05, 4.69) is 10.6 Å². The SMILES string of the molecule is C[Si](C)(Oc1cccc(Nc2ccccc2)c1)Oc1cccc(Nc2ccccc2)c1. The van der Waals surface area contributed by atoms with Crippen molar-refractivity contribution >= 4 is 31.3 Å². The first-order valence-electron chi connectivity index (χ1n) is 10.3. The molecule has 0 unspecified atom stereocenters. The van der Waals surface area contributed by atoms with E-state index in [1.807, 2.05) is 122 Å². The zero-order chi connectivity index (χ0) is 21.5. The third-order valence-corrected chi connectivity index (χ3v) is 5.97. The summed E-state index contributed by atoms with van der Waals surface area (Å²) in [6.45, 7) is 4.09. The van der Waals surface area contributed by atoms with Crippen molar-refractivity contribution in [2.45, 2.75) is 13.1 Å². The van der Waals surface area contributed by atoms with E-state index in [4.69, 9.17) is 8.85 Å². The smallest absolute Gasteiger partial charge is 0.454 e. The Morgan fingerprint density at radius 1 is 0.484 bits per heavy atom. The fourth-order valence-electron chi connectivity index (χ4n) is 3.24. The molecular formula is C26H26N2O2Si. The molecule has 0 aliphatic carbocycles. The van der Waals surface area contributed by atoms with E-state index in [1.54, 1.807) is 0 Å². The van der Waals surface area contributed by atoms with Gasteiger partial charge in [0.1, 0.15) is 11.5 Å². The molecule has 0 atom stereocenters. The topological polar surface area (TPSA) is 42.5 Å². The van der Waals surface area contributed by atoms with Gasteiger partial charge in [0, 0.05) is 48.0 Å². The predicted octanol–water partition coefficient (Wildman–Crippen LogP) is 7.33. The summed E-state index contributed by atoms with van der Waals surface area (Å²) in [5.74, 6) is 1.58. The largest absolute Gasteiger partial charge is 0.512 e. The Labute approximate surface area is 184 Å². The lowest BCUT2D eigenvalue weighted by Crippen LogP contribution is -2.41. The maximum atomic E-state index is 6.30. The summed E-state index contributed by atoms with van der Waals surface area (Å²) in [5, 5.41) is 6.79. The highest BCUT2D eigenvalue weighted by Crippen LogP contribution is 2.27. The second-order valence-corrected chi connectivity index (χ2v) is 10.8. The van der Waals surface area contributed by atoms with E-state index in [-0.39, 0.29) is 0 Å². The number of nitrogens with one attached hydrogen (secondary N) is 2. The van der Waals surface area contributed by atoms with Gasteiger partial charge < -0.3 is 19.5 Å². The van der Waals surface area contributed by atoms with Crippen LogP contribution in [0.5, 0.6) is 11.5 Å². The van der Waals surface area contributed by atoms with Crippen LogP contribution in [0.1, 0.15) is 0 Å². The molecule has 4 nitrogen and oxygen atoms in total. The number of benzene rings is 4. The maximum absolute atomic E-state index is 6.30. The first-order valence-corrected chi connectivity index (χ1v) is 13.1. The molecule has 0 spiro atoms. The highest BCUT2D eigenvalue weighted by molar-refractivity contribution is 6.66. The molecule has 0 radical (unpaired) electrons. The van der Waals surface area contributed by atoms with E-state index in [1.165, 1.54) is 0 Å². The number of para-hydroxylation sites is 2. The summed E-state index contributed by atoms with van der Waals surface area (Å²) in [7, 11) is -2.47. The number of hydrogen-bond donors (Lipinski definition) is 2. The van der Waals surface area contributed by atoms with Crippen molar-refractivity contribution < 1.29 is 8.85 Å². The molecule has 4 aromatic rings. The summed E-state index contributed by atoms with van der Waals surface area (Å²) in [6.07, 6.45) is 0. The molecule has 0 heterocycles. The average molecular weight is 427 g/mol. The lowest BCUT2D eigenvalue weighted by Gasteiger charge is -2.25. The van der Waals surface area contributed by atoms with Gasteiger partial charge in [-0.15, -0.1) is 0 Å². The van der Waals surface area contributed by atoms with Gasteiger partial charge in [0.25, 0.3) is 0 Å².